The maximum Gasteiger partial charge on any atom is 0.126 e. The van der Waals surface area contributed by atoms with Gasteiger partial charge in [-0.25, -0.2) is 4.39 Å². The number of halogens is 1. The Hall–Kier alpha value is -3.17. The third-order valence-corrected chi connectivity index (χ3v) is 5.07. The molecule has 0 unspecified atom stereocenters. The second-order valence-electron chi connectivity index (χ2n) is 7.06. The smallest absolute Gasteiger partial charge is 0.126 e. The van der Waals surface area contributed by atoms with Gasteiger partial charge in [0.2, 0.25) is 0 Å². The summed E-state index contributed by atoms with van der Waals surface area (Å²) in [6.07, 6.45) is 0.650. The summed E-state index contributed by atoms with van der Waals surface area (Å²) in [7, 11) is 0. The van der Waals surface area contributed by atoms with Crippen LogP contribution in [0.5, 0.6) is 5.75 Å². The quantitative estimate of drug-likeness (QED) is 0.382. The van der Waals surface area contributed by atoms with Crippen LogP contribution in [-0.2, 0) is 19.6 Å². The molecule has 0 radical (unpaired) electrons. The van der Waals surface area contributed by atoms with E-state index >= 15 is 0 Å². The summed E-state index contributed by atoms with van der Waals surface area (Å²) < 4.78 is 20.0. The van der Waals surface area contributed by atoms with Gasteiger partial charge in [0.15, 0.2) is 0 Å². The first-order valence-electron chi connectivity index (χ1n) is 9.93. The van der Waals surface area contributed by atoms with Crippen molar-refractivity contribution in [3.63, 3.8) is 0 Å². The fraction of sp³-hybridized carbons (Fsp3) is 0.154. The van der Waals surface area contributed by atoms with E-state index in [1.807, 2.05) is 48.5 Å². The van der Waals surface area contributed by atoms with Crippen molar-refractivity contribution < 1.29 is 9.13 Å². The average molecular weight is 385 g/mol. The molecule has 4 aromatic carbocycles. The first kappa shape index (κ1) is 19.2. The van der Waals surface area contributed by atoms with Crippen LogP contribution in [0.3, 0.4) is 0 Å². The Morgan fingerprint density at radius 3 is 2.38 bits per heavy atom. The van der Waals surface area contributed by atoms with Crippen molar-refractivity contribution in [3.05, 3.63) is 114 Å². The van der Waals surface area contributed by atoms with Gasteiger partial charge in [-0.2, -0.15) is 0 Å². The SMILES string of the molecule is Fc1ccccc1CCNCc1c(OCc2ccccc2)ccc2ccccc12. The molecule has 0 fully saturated rings. The lowest BCUT2D eigenvalue weighted by molar-refractivity contribution is 0.303. The molecule has 0 spiro atoms. The lowest BCUT2D eigenvalue weighted by Gasteiger charge is -2.15. The van der Waals surface area contributed by atoms with Crippen LogP contribution in [0.4, 0.5) is 4.39 Å². The average Bonchev–Trinajstić information content (AvgIpc) is 2.77. The first-order valence-corrected chi connectivity index (χ1v) is 9.93. The molecule has 0 aromatic heterocycles. The highest BCUT2D eigenvalue weighted by Crippen LogP contribution is 2.28. The summed E-state index contributed by atoms with van der Waals surface area (Å²) >= 11 is 0. The Bertz CT molecular complexity index is 1080. The molecule has 0 saturated heterocycles. The van der Waals surface area contributed by atoms with E-state index in [0.717, 1.165) is 22.4 Å². The van der Waals surface area contributed by atoms with E-state index in [4.69, 9.17) is 4.74 Å². The molecular formula is C26H24FNO. The number of hydrogen-bond donors (Lipinski definition) is 1. The lowest BCUT2D eigenvalue weighted by atomic mass is 10.0. The largest absolute Gasteiger partial charge is 0.489 e. The molecule has 2 nitrogen and oxygen atoms in total. The summed E-state index contributed by atoms with van der Waals surface area (Å²) in [6, 6.07) is 29.6. The van der Waals surface area contributed by atoms with Crippen molar-refractivity contribution in [1.29, 1.82) is 0 Å². The van der Waals surface area contributed by atoms with Crippen molar-refractivity contribution in [1.82, 2.24) is 5.32 Å². The van der Waals surface area contributed by atoms with Gasteiger partial charge in [0.1, 0.15) is 18.2 Å². The number of hydrogen-bond acceptors (Lipinski definition) is 2. The van der Waals surface area contributed by atoms with Crippen LogP contribution >= 0.6 is 0 Å². The van der Waals surface area contributed by atoms with Crippen LogP contribution in [0.1, 0.15) is 16.7 Å². The van der Waals surface area contributed by atoms with Gasteiger partial charge in [0.05, 0.1) is 0 Å². The highest BCUT2D eigenvalue weighted by molar-refractivity contribution is 5.87. The molecular weight excluding hydrogens is 361 g/mol. The van der Waals surface area contributed by atoms with Gasteiger partial charge < -0.3 is 10.1 Å². The summed E-state index contributed by atoms with van der Waals surface area (Å²) in [5.41, 5.74) is 3.00. The molecule has 3 heteroatoms. The maximum atomic E-state index is 13.8. The van der Waals surface area contributed by atoms with E-state index in [2.05, 4.69) is 35.6 Å². The monoisotopic (exact) mass is 385 g/mol. The van der Waals surface area contributed by atoms with E-state index in [1.165, 1.54) is 16.8 Å². The summed E-state index contributed by atoms with van der Waals surface area (Å²) in [5.74, 6) is 0.734. The molecule has 1 N–H and O–H groups in total. The summed E-state index contributed by atoms with van der Waals surface area (Å²) in [5, 5.41) is 5.82. The molecule has 0 saturated carbocycles. The molecule has 0 heterocycles. The zero-order valence-electron chi connectivity index (χ0n) is 16.3. The van der Waals surface area contributed by atoms with Crippen molar-refractivity contribution >= 4 is 10.8 Å². The summed E-state index contributed by atoms with van der Waals surface area (Å²) in [6.45, 7) is 1.89. The normalized spacial score (nSPS) is 10.9. The molecule has 146 valence electrons. The molecule has 29 heavy (non-hydrogen) atoms. The lowest BCUT2D eigenvalue weighted by Crippen LogP contribution is -2.18. The number of ether oxygens (including phenoxy) is 1. The fourth-order valence-electron chi connectivity index (χ4n) is 3.51. The Labute approximate surface area is 171 Å². The zero-order chi connectivity index (χ0) is 19.9. The van der Waals surface area contributed by atoms with Crippen molar-refractivity contribution in [2.24, 2.45) is 0 Å². The van der Waals surface area contributed by atoms with E-state index in [9.17, 15) is 4.39 Å². The second-order valence-corrected chi connectivity index (χ2v) is 7.06. The van der Waals surface area contributed by atoms with E-state index in [1.54, 1.807) is 6.07 Å². The molecule has 0 amide bonds. The predicted molar refractivity (Wildman–Crippen MR) is 117 cm³/mol. The van der Waals surface area contributed by atoms with Crippen molar-refractivity contribution in [2.45, 2.75) is 19.6 Å². The Kier molecular flexibility index (Phi) is 6.18. The third-order valence-electron chi connectivity index (χ3n) is 5.07. The zero-order valence-corrected chi connectivity index (χ0v) is 16.3. The van der Waals surface area contributed by atoms with E-state index in [0.29, 0.717) is 26.1 Å². The van der Waals surface area contributed by atoms with E-state index in [-0.39, 0.29) is 5.82 Å². The number of fused-ring (bicyclic) bond motifs is 1. The minimum absolute atomic E-state index is 0.147. The van der Waals surface area contributed by atoms with Crippen LogP contribution < -0.4 is 10.1 Å². The molecule has 4 aromatic rings. The van der Waals surface area contributed by atoms with E-state index < -0.39 is 0 Å². The highest BCUT2D eigenvalue weighted by Gasteiger charge is 2.09. The van der Waals surface area contributed by atoms with Gasteiger partial charge in [-0.1, -0.05) is 78.9 Å². The number of benzene rings is 4. The van der Waals surface area contributed by atoms with Crippen molar-refractivity contribution in [3.8, 4) is 5.75 Å². The minimum atomic E-state index is -0.147. The van der Waals surface area contributed by atoms with Crippen LogP contribution in [-0.4, -0.2) is 6.54 Å². The van der Waals surface area contributed by atoms with Crippen LogP contribution in [0.2, 0.25) is 0 Å². The summed E-state index contributed by atoms with van der Waals surface area (Å²) in [4.78, 5) is 0. The molecule has 0 bridgehead atoms. The molecule has 0 aliphatic heterocycles. The maximum absolute atomic E-state index is 13.8. The number of rotatable bonds is 8. The minimum Gasteiger partial charge on any atom is -0.489 e. The van der Waals surface area contributed by atoms with Gasteiger partial charge in [-0.3, -0.25) is 0 Å². The standard InChI is InChI=1S/C26H24FNO/c27-25-13-7-5-11-22(25)16-17-28-18-24-23-12-6-4-10-21(23)14-15-26(24)29-19-20-8-2-1-3-9-20/h1-15,28H,16-19H2. The third kappa shape index (κ3) is 4.82. The van der Waals surface area contributed by atoms with Crippen LogP contribution in [0.15, 0.2) is 91.0 Å². The van der Waals surface area contributed by atoms with Gasteiger partial charge in [-0.15, -0.1) is 0 Å². The molecule has 0 aliphatic carbocycles. The van der Waals surface area contributed by atoms with Crippen LogP contribution in [0, 0.1) is 5.82 Å². The molecule has 0 aliphatic rings. The second kappa shape index (κ2) is 9.35. The Morgan fingerprint density at radius 1 is 0.759 bits per heavy atom. The fourth-order valence-corrected chi connectivity index (χ4v) is 3.51. The molecule has 0 atom stereocenters. The number of nitrogens with one attached hydrogen (secondary N) is 1. The van der Waals surface area contributed by atoms with Crippen LogP contribution in [0.25, 0.3) is 10.8 Å². The Morgan fingerprint density at radius 2 is 1.52 bits per heavy atom. The van der Waals surface area contributed by atoms with Gasteiger partial charge in [0, 0.05) is 12.1 Å². The topological polar surface area (TPSA) is 21.3 Å². The molecule has 4 rings (SSSR count). The Balaban J connectivity index is 1.49. The van der Waals surface area contributed by atoms with Gasteiger partial charge in [0.25, 0.3) is 0 Å². The van der Waals surface area contributed by atoms with Crippen molar-refractivity contribution in [2.75, 3.05) is 6.54 Å². The van der Waals surface area contributed by atoms with Gasteiger partial charge >= 0.3 is 0 Å². The first-order chi connectivity index (χ1) is 14.3. The highest BCUT2D eigenvalue weighted by atomic mass is 19.1. The predicted octanol–water partition coefficient (Wildman–Crippen LogP) is 5.89. The van der Waals surface area contributed by atoms with Gasteiger partial charge in [-0.05, 0) is 47.0 Å².